The zero-order valence-corrected chi connectivity index (χ0v) is 12.3. The number of hydrogen-bond acceptors (Lipinski definition) is 2. The lowest BCUT2D eigenvalue weighted by Crippen LogP contribution is -1.84. The van der Waals surface area contributed by atoms with E-state index in [0.717, 1.165) is 28.5 Å². The minimum Gasteiger partial charge on any atom is -0.259 e. The summed E-state index contributed by atoms with van der Waals surface area (Å²) >= 11 is 0. The minimum atomic E-state index is -0.425. The third kappa shape index (κ3) is 2.72. The van der Waals surface area contributed by atoms with E-state index in [9.17, 15) is 10.1 Å². The minimum absolute atomic E-state index is 0.425. The van der Waals surface area contributed by atoms with Crippen LogP contribution in [0.4, 0.5) is 0 Å². The second-order valence-corrected chi connectivity index (χ2v) is 5.49. The fraction of sp³-hybridized carbons (Fsp3) is 0.294. The van der Waals surface area contributed by atoms with Crippen molar-refractivity contribution in [1.29, 1.82) is 0 Å². The number of fused-ring (bicyclic) bond motifs is 1. The third-order valence-electron chi connectivity index (χ3n) is 3.63. The van der Waals surface area contributed by atoms with Crippen molar-refractivity contribution >= 4 is 6.08 Å². The second-order valence-electron chi connectivity index (χ2n) is 5.49. The Morgan fingerprint density at radius 1 is 1.15 bits per heavy atom. The third-order valence-corrected chi connectivity index (χ3v) is 3.63. The summed E-state index contributed by atoms with van der Waals surface area (Å²) in [5.74, 6) is 0.456. The van der Waals surface area contributed by atoms with Crippen LogP contribution in [0.15, 0.2) is 30.5 Å². The zero-order chi connectivity index (χ0) is 14.9. The molecule has 2 aliphatic rings. The van der Waals surface area contributed by atoms with E-state index in [1.165, 1.54) is 11.1 Å². The molecule has 0 saturated heterocycles. The van der Waals surface area contributed by atoms with Gasteiger partial charge in [0.05, 0.1) is 4.92 Å². The Labute approximate surface area is 119 Å². The molecule has 0 saturated carbocycles. The molecule has 0 aromatic rings. The quantitative estimate of drug-likeness (QED) is 0.594. The highest BCUT2D eigenvalue weighted by Gasteiger charge is 2.15. The van der Waals surface area contributed by atoms with Gasteiger partial charge in [-0.25, -0.2) is 0 Å². The molecular weight excluding hydrogens is 250 g/mol. The topological polar surface area (TPSA) is 43.1 Å². The van der Waals surface area contributed by atoms with Crippen molar-refractivity contribution in [3.63, 3.8) is 0 Å². The molecule has 0 atom stereocenters. The Kier molecular flexibility index (Phi) is 3.89. The van der Waals surface area contributed by atoms with Crippen molar-refractivity contribution in [1.82, 2.24) is 0 Å². The van der Waals surface area contributed by atoms with Crippen molar-refractivity contribution in [2.24, 2.45) is 0 Å². The summed E-state index contributed by atoms with van der Waals surface area (Å²) in [4.78, 5) is 10.1. The molecule has 0 spiro atoms. The highest BCUT2D eigenvalue weighted by molar-refractivity contribution is 5.83. The summed E-state index contributed by atoms with van der Waals surface area (Å²) in [6.45, 7) is 8.44. The predicted octanol–water partition coefficient (Wildman–Crippen LogP) is 4.78. The van der Waals surface area contributed by atoms with Crippen LogP contribution in [0.25, 0.3) is 17.2 Å². The Morgan fingerprint density at radius 3 is 2.45 bits per heavy atom. The van der Waals surface area contributed by atoms with E-state index in [0.29, 0.717) is 5.92 Å². The molecule has 0 bridgehead atoms. The predicted molar refractivity (Wildman–Crippen MR) is 82.7 cm³/mol. The molecule has 0 fully saturated rings. The van der Waals surface area contributed by atoms with Gasteiger partial charge in [-0.3, -0.25) is 10.1 Å². The van der Waals surface area contributed by atoms with E-state index in [4.69, 9.17) is 0 Å². The molecule has 0 aliphatic heterocycles. The van der Waals surface area contributed by atoms with Crippen LogP contribution in [0.3, 0.4) is 0 Å². The smallest absolute Gasteiger partial charge is 0.235 e. The van der Waals surface area contributed by atoms with Gasteiger partial charge < -0.3 is 0 Å². The summed E-state index contributed by atoms with van der Waals surface area (Å²) in [5.41, 5.74) is 6.78. The molecule has 3 heteroatoms. The molecule has 20 heavy (non-hydrogen) atoms. The Morgan fingerprint density at radius 2 is 1.85 bits per heavy atom. The van der Waals surface area contributed by atoms with Crippen molar-refractivity contribution < 1.29 is 4.92 Å². The number of rotatable bonds is 3. The largest absolute Gasteiger partial charge is 0.259 e. The van der Waals surface area contributed by atoms with E-state index >= 15 is 0 Å². The molecule has 3 nitrogen and oxygen atoms in total. The SMILES string of the molecule is Cc1cc(C=C[N+](=O)[O-])c2c(C)ccc(C(C)C)cc1-2. The van der Waals surface area contributed by atoms with Crippen molar-refractivity contribution in [2.45, 2.75) is 33.6 Å². The highest BCUT2D eigenvalue weighted by Crippen LogP contribution is 2.36. The van der Waals surface area contributed by atoms with Gasteiger partial charge in [-0.05, 0) is 53.1 Å². The lowest BCUT2D eigenvalue weighted by atomic mass is 10.0. The second kappa shape index (κ2) is 5.45. The first kappa shape index (κ1) is 14.3. The van der Waals surface area contributed by atoms with Crippen molar-refractivity contribution in [3.8, 4) is 11.1 Å². The van der Waals surface area contributed by atoms with Gasteiger partial charge in [-0.15, -0.1) is 0 Å². The average molecular weight is 269 g/mol. The summed E-state index contributed by atoms with van der Waals surface area (Å²) in [7, 11) is 0. The van der Waals surface area contributed by atoms with E-state index < -0.39 is 4.92 Å². The Balaban J connectivity index is 2.66. The van der Waals surface area contributed by atoms with Crippen LogP contribution in [-0.2, 0) is 0 Å². The van der Waals surface area contributed by atoms with Crippen LogP contribution in [0.5, 0.6) is 0 Å². The molecule has 0 aromatic carbocycles. The number of hydrogen-bond donors (Lipinski definition) is 0. The van der Waals surface area contributed by atoms with Crippen LogP contribution in [0.1, 0.15) is 42.0 Å². The molecule has 0 radical (unpaired) electrons. The summed E-state index contributed by atoms with van der Waals surface area (Å²) in [5, 5.41) is 10.5. The molecule has 2 rings (SSSR count). The molecule has 0 unspecified atom stereocenters. The van der Waals surface area contributed by atoms with Crippen LogP contribution in [-0.4, -0.2) is 4.92 Å². The maximum Gasteiger partial charge on any atom is 0.235 e. The van der Waals surface area contributed by atoms with Gasteiger partial charge in [0.15, 0.2) is 0 Å². The van der Waals surface area contributed by atoms with E-state index in [1.807, 2.05) is 6.07 Å². The molecule has 0 aromatic heterocycles. The lowest BCUT2D eigenvalue weighted by molar-refractivity contribution is -0.400. The number of nitrogens with zero attached hydrogens (tertiary/aromatic N) is 1. The summed E-state index contributed by atoms with van der Waals surface area (Å²) in [6, 6.07) is 8.45. The van der Waals surface area contributed by atoms with Gasteiger partial charge in [-0.1, -0.05) is 38.1 Å². The molecular formula is C17H19NO2. The average Bonchev–Trinajstić information content (AvgIpc) is 2.55. The van der Waals surface area contributed by atoms with Gasteiger partial charge in [0, 0.05) is 6.08 Å². The molecule has 0 amide bonds. The normalized spacial score (nSPS) is 11.7. The van der Waals surface area contributed by atoms with Gasteiger partial charge >= 0.3 is 0 Å². The molecule has 0 N–H and O–H groups in total. The highest BCUT2D eigenvalue weighted by atomic mass is 16.6. The lowest BCUT2D eigenvalue weighted by Gasteiger charge is -2.04. The Bertz CT molecular complexity index is 657. The van der Waals surface area contributed by atoms with Crippen molar-refractivity contribution in [3.05, 3.63) is 62.8 Å². The maximum atomic E-state index is 10.5. The number of nitro groups is 1. The van der Waals surface area contributed by atoms with Crippen molar-refractivity contribution in [2.75, 3.05) is 0 Å². The zero-order valence-electron chi connectivity index (χ0n) is 12.3. The standard InChI is InChI=1S/C17H19NO2/c1-11(2)14-6-5-12(3)17-15(7-8-18(19)20)9-13(4)16(17)10-14/h5-11H,1-4H3. The van der Waals surface area contributed by atoms with E-state index in [-0.39, 0.29) is 0 Å². The van der Waals surface area contributed by atoms with Crippen LogP contribution in [0.2, 0.25) is 0 Å². The van der Waals surface area contributed by atoms with Gasteiger partial charge in [0.1, 0.15) is 0 Å². The molecule has 0 heterocycles. The van der Waals surface area contributed by atoms with E-state index in [2.05, 4.69) is 45.9 Å². The monoisotopic (exact) mass is 269 g/mol. The first-order valence-electron chi connectivity index (χ1n) is 6.75. The first-order chi connectivity index (χ1) is 9.40. The van der Waals surface area contributed by atoms with E-state index in [1.54, 1.807) is 6.08 Å². The van der Waals surface area contributed by atoms with Crippen LogP contribution < -0.4 is 0 Å². The van der Waals surface area contributed by atoms with Crippen LogP contribution >= 0.6 is 0 Å². The van der Waals surface area contributed by atoms with Crippen LogP contribution in [0, 0.1) is 24.0 Å². The van der Waals surface area contributed by atoms with Gasteiger partial charge in [-0.2, -0.15) is 0 Å². The summed E-state index contributed by atoms with van der Waals surface area (Å²) in [6.07, 6.45) is 2.58. The fourth-order valence-corrected chi connectivity index (χ4v) is 2.51. The van der Waals surface area contributed by atoms with Gasteiger partial charge in [0.2, 0.25) is 6.20 Å². The molecule has 104 valence electrons. The first-order valence-corrected chi connectivity index (χ1v) is 6.75. The summed E-state index contributed by atoms with van der Waals surface area (Å²) < 4.78 is 0. The number of aryl methyl sites for hydroxylation is 2. The fourth-order valence-electron chi connectivity index (χ4n) is 2.51. The Hall–Kier alpha value is -2.16. The maximum absolute atomic E-state index is 10.5. The molecule has 2 aliphatic carbocycles. The van der Waals surface area contributed by atoms with Gasteiger partial charge in [0.25, 0.3) is 0 Å².